The summed E-state index contributed by atoms with van der Waals surface area (Å²) in [5, 5.41) is 9.02. The van der Waals surface area contributed by atoms with Crippen molar-refractivity contribution in [3.63, 3.8) is 0 Å². The van der Waals surface area contributed by atoms with Crippen LogP contribution in [0.3, 0.4) is 0 Å². The molecular weight excluding hydrogens is 226 g/mol. The van der Waals surface area contributed by atoms with Crippen LogP contribution in [0.15, 0.2) is 11.6 Å². The number of nitrogens with zero attached hydrogens (tertiary/aromatic N) is 3. The van der Waals surface area contributed by atoms with Crippen molar-refractivity contribution >= 4 is 28.1 Å². The van der Waals surface area contributed by atoms with Gasteiger partial charge in [-0.25, -0.2) is 4.98 Å². The molecule has 0 bridgehead atoms. The van der Waals surface area contributed by atoms with E-state index in [0.29, 0.717) is 10.8 Å². The largest absolute Gasteiger partial charge is 0.396 e. The monoisotopic (exact) mass is 237 g/mol. The van der Waals surface area contributed by atoms with Gasteiger partial charge in [0, 0.05) is 18.6 Å². The molecule has 0 aliphatic heterocycles. The number of nitrogen functional groups attached to an aromatic ring is 1. The number of hydrogen-bond donors (Lipinski definition) is 2. The number of rotatable bonds is 2. The number of anilines is 2. The van der Waals surface area contributed by atoms with Gasteiger partial charge in [-0.2, -0.15) is 5.10 Å². The van der Waals surface area contributed by atoms with Crippen LogP contribution in [0.2, 0.25) is 0 Å². The Balaban J connectivity index is 2.17. The lowest BCUT2D eigenvalue weighted by Crippen LogP contribution is -2.14. The number of thiazole rings is 1. The molecule has 2 aromatic rings. The molecule has 2 heterocycles. The van der Waals surface area contributed by atoms with E-state index in [-0.39, 0.29) is 11.6 Å². The van der Waals surface area contributed by atoms with E-state index in [1.165, 1.54) is 16.0 Å². The number of carbonyl (C=O) groups is 1. The van der Waals surface area contributed by atoms with Crippen LogP contribution in [0.25, 0.3) is 0 Å². The molecular formula is C9H11N5OS. The minimum absolute atomic E-state index is 0.218. The minimum atomic E-state index is -0.340. The van der Waals surface area contributed by atoms with Crippen LogP contribution in [-0.4, -0.2) is 20.7 Å². The number of carbonyl (C=O) groups excluding carboxylic acids is 1. The van der Waals surface area contributed by atoms with Crippen molar-refractivity contribution in [3.05, 3.63) is 23.0 Å². The average molecular weight is 237 g/mol. The quantitative estimate of drug-likeness (QED) is 0.816. The molecule has 1 amide bonds. The Morgan fingerprint density at radius 2 is 2.38 bits per heavy atom. The van der Waals surface area contributed by atoms with Crippen LogP contribution < -0.4 is 11.1 Å². The highest BCUT2D eigenvalue weighted by molar-refractivity contribution is 7.13. The van der Waals surface area contributed by atoms with Crippen molar-refractivity contribution in [2.75, 3.05) is 11.1 Å². The van der Waals surface area contributed by atoms with Crippen LogP contribution in [0.5, 0.6) is 0 Å². The second-order valence-electron chi connectivity index (χ2n) is 3.35. The van der Waals surface area contributed by atoms with Gasteiger partial charge in [0.2, 0.25) is 0 Å². The van der Waals surface area contributed by atoms with E-state index in [2.05, 4.69) is 15.4 Å². The highest BCUT2D eigenvalue weighted by Gasteiger charge is 2.15. The van der Waals surface area contributed by atoms with E-state index in [4.69, 9.17) is 5.73 Å². The molecule has 0 radical (unpaired) electrons. The summed E-state index contributed by atoms with van der Waals surface area (Å²) in [5.74, 6) is -0.340. The van der Waals surface area contributed by atoms with Gasteiger partial charge >= 0.3 is 0 Å². The smallest absolute Gasteiger partial charge is 0.280 e. The first-order chi connectivity index (χ1) is 7.56. The summed E-state index contributed by atoms with van der Waals surface area (Å²) >= 11 is 1.37. The molecule has 0 saturated heterocycles. The molecule has 16 heavy (non-hydrogen) atoms. The first kappa shape index (κ1) is 10.6. The van der Waals surface area contributed by atoms with Crippen molar-refractivity contribution in [2.24, 2.45) is 7.05 Å². The third-order valence-electron chi connectivity index (χ3n) is 1.91. The second-order valence-corrected chi connectivity index (χ2v) is 4.21. The average Bonchev–Trinajstić information content (AvgIpc) is 2.73. The summed E-state index contributed by atoms with van der Waals surface area (Å²) in [6.45, 7) is 1.86. The molecule has 0 aliphatic carbocycles. The topological polar surface area (TPSA) is 85.8 Å². The van der Waals surface area contributed by atoms with Crippen molar-refractivity contribution in [1.82, 2.24) is 14.8 Å². The van der Waals surface area contributed by atoms with Gasteiger partial charge in [-0.15, -0.1) is 11.3 Å². The van der Waals surface area contributed by atoms with E-state index in [1.54, 1.807) is 13.2 Å². The summed E-state index contributed by atoms with van der Waals surface area (Å²) in [7, 11) is 1.71. The Morgan fingerprint density at radius 1 is 1.62 bits per heavy atom. The maximum absolute atomic E-state index is 11.8. The van der Waals surface area contributed by atoms with Crippen molar-refractivity contribution < 1.29 is 4.79 Å². The van der Waals surface area contributed by atoms with Crippen LogP contribution in [0, 0.1) is 6.92 Å². The van der Waals surface area contributed by atoms with E-state index >= 15 is 0 Å². The zero-order chi connectivity index (χ0) is 11.7. The molecule has 2 rings (SSSR count). The molecule has 0 saturated carbocycles. The predicted octanol–water partition coefficient (Wildman–Crippen LogP) is 1.02. The van der Waals surface area contributed by atoms with Gasteiger partial charge in [-0.1, -0.05) is 0 Å². The third-order valence-corrected chi connectivity index (χ3v) is 2.79. The number of nitrogens with two attached hydrogens (primary N) is 1. The van der Waals surface area contributed by atoms with Gasteiger partial charge in [0.05, 0.1) is 11.4 Å². The normalized spacial score (nSPS) is 10.4. The lowest BCUT2D eigenvalue weighted by Gasteiger charge is -1.98. The number of hydrogen-bond acceptors (Lipinski definition) is 5. The molecule has 0 atom stereocenters. The molecule has 0 aliphatic rings. The Kier molecular flexibility index (Phi) is 2.61. The van der Waals surface area contributed by atoms with E-state index < -0.39 is 0 Å². The summed E-state index contributed by atoms with van der Waals surface area (Å²) in [5.41, 5.74) is 7.08. The van der Waals surface area contributed by atoms with Crippen molar-refractivity contribution in [2.45, 2.75) is 6.92 Å². The highest BCUT2D eigenvalue weighted by atomic mass is 32.1. The third kappa shape index (κ3) is 2.03. The fourth-order valence-electron chi connectivity index (χ4n) is 1.25. The zero-order valence-corrected chi connectivity index (χ0v) is 9.71. The van der Waals surface area contributed by atoms with Crippen LogP contribution in [0.4, 0.5) is 10.8 Å². The molecule has 0 unspecified atom stereocenters. The molecule has 84 valence electrons. The number of nitrogens with one attached hydrogen (secondary N) is 1. The zero-order valence-electron chi connectivity index (χ0n) is 8.89. The number of aromatic nitrogens is 3. The second kappa shape index (κ2) is 3.93. The number of amides is 1. The van der Waals surface area contributed by atoms with Crippen molar-refractivity contribution in [1.29, 1.82) is 0 Å². The molecule has 0 fully saturated rings. The first-order valence-electron chi connectivity index (χ1n) is 4.59. The molecule has 2 aromatic heterocycles. The molecule has 7 heteroatoms. The summed E-state index contributed by atoms with van der Waals surface area (Å²) < 4.78 is 1.50. The van der Waals surface area contributed by atoms with E-state index in [1.807, 2.05) is 12.3 Å². The van der Waals surface area contributed by atoms with Gasteiger partial charge in [-0.05, 0) is 6.92 Å². The molecule has 3 N–H and O–H groups in total. The fourth-order valence-corrected chi connectivity index (χ4v) is 1.93. The van der Waals surface area contributed by atoms with Crippen LogP contribution >= 0.6 is 11.3 Å². The maximum atomic E-state index is 11.8. The fraction of sp³-hybridized carbons (Fsp3) is 0.222. The van der Waals surface area contributed by atoms with Gasteiger partial charge < -0.3 is 5.73 Å². The molecule has 0 aromatic carbocycles. The lowest BCUT2D eigenvalue weighted by molar-refractivity contribution is 0.102. The van der Waals surface area contributed by atoms with Crippen LogP contribution in [-0.2, 0) is 7.05 Å². The summed E-state index contributed by atoms with van der Waals surface area (Å²) in [6.07, 6.45) is 1.59. The van der Waals surface area contributed by atoms with Gasteiger partial charge in [-0.3, -0.25) is 14.8 Å². The Bertz CT molecular complexity index is 530. The Labute approximate surface area is 96.1 Å². The Morgan fingerprint density at radius 3 is 2.88 bits per heavy atom. The number of aryl methyl sites for hydroxylation is 2. The van der Waals surface area contributed by atoms with Gasteiger partial charge in [0.1, 0.15) is 0 Å². The van der Waals surface area contributed by atoms with Gasteiger partial charge in [0.25, 0.3) is 5.91 Å². The highest BCUT2D eigenvalue weighted by Crippen LogP contribution is 2.16. The van der Waals surface area contributed by atoms with Crippen molar-refractivity contribution in [3.8, 4) is 0 Å². The minimum Gasteiger partial charge on any atom is -0.396 e. The summed E-state index contributed by atoms with van der Waals surface area (Å²) in [4.78, 5) is 15.9. The first-order valence-corrected chi connectivity index (χ1v) is 5.47. The van der Waals surface area contributed by atoms with Crippen LogP contribution in [0.1, 0.15) is 16.2 Å². The Hall–Kier alpha value is -1.89. The van der Waals surface area contributed by atoms with E-state index in [9.17, 15) is 4.79 Å². The standard InChI is InChI=1S/C9H11N5OS/c1-5-4-16-9(11-5)12-8(15)7-6(10)3-14(2)13-7/h3-4H,10H2,1-2H3,(H,11,12,15). The summed E-state index contributed by atoms with van der Waals surface area (Å²) in [6, 6.07) is 0. The van der Waals surface area contributed by atoms with E-state index in [0.717, 1.165) is 5.69 Å². The maximum Gasteiger partial charge on any atom is 0.280 e. The predicted molar refractivity (Wildman–Crippen MR) is 62.4 cm³/mol. The molecule has 6 nitrogen and oxygen atoms in total. The SMILES string of the molecule is Cc1csc(NC(=O)c2nn(C)cc2N)n1. The van der Waals surface area contributed by atoms with Gasteiger partial charge in [0.15, 0.2) is 10.8 Å². The molecule has 0 spiro atoms. The lowest BCUT2D eigenvalue weighted by atomic mass is 10.3.